The Morgan fingerprint density at radius 1 is 1.31 bits per heavy atom. The summed E-state index contributed by atoms with van der Waals surface area (Å²) in [6.45, 7) is 0. The van der Waals surface area contributed by atoms with Crippen LogP contribution in [-0.4, -0.2) is 35.3 Å². The van der Waals surface area contributed by atoms with E-state index in [1.54, 1.807) is 24.4 Å². The Labute approximate surface area is 156 Å². The molecule has 1 saturated carbocycles. The molecule has 1 fully saturated rings. The molecular formula is C18H22ClN6O+. The number of halogens is 1. The molecule has 0 aromatic carbocycles. The zero-order valence-corrected chi connectivity index (χ0v) is 15.3. The van der Waals surface area contributed by atoms with Crippen LogP contribution in [-0.2, 0) is 0 Å². The summed E-state index contributed by atoms with van der Waals surface area (Å²) in [7, 11) is 1.87. The maximum absolute atomic E-state index is 12.1. The van der Waals surface area contributed by atoms with Crippen molar-refractivity contribution in [1.29, 1.82) is 5.41 Å². The van der Waals surface area contributed by atoms with E-state index in [0.29, 0.717) is 33.1 Å². The number of nitrogens with one attached hydrogen (secondary N) is 3. The van der Waals surface area contributed by atoms with Gasteiger partial charge >= 0.3 is 6.03 Å². The summed E-state index contributed by atoms with van der Waals surface area (Å²) in [6.07, 6.45) is 7.39. The van der Waals surface area contributed by atoms with Crippen LogP contribution in [0.3, 0.4) is 0 Å². The van der Waals surface area contributed by atoms with E-state index in [1.807, 2.05) is 12.4 Å². The van der Waals surface area contributed by atoms with E-state index in [4.69, 9.17) is 17.0 Å². The molecule has 1 aliphatic rings. The second-order valence-electron chi connectivity index (χ2n) is 6.24. The number of quaternary nitrogens is 1. The summed E-state index contributed by atoms with van der Waals surface area (Å²) in [4.78, 5) is 20.9. The lowest BCUT2D eigenvalue weighted by molar-refractivity contribution is -0.555. The second-order valence-corrected chi connectivity index (χ2v) is 6.60. The SMILES string of the molecule is C[NH2+]/C=C(\C=N)c1cc2nc(NC(=O)NC3CCCC3)ccc2nc1Cl. The molecule has 3 rings (SSSR count). The fourth-order valence-corrected chi connectivity index (χ4v) is 3.36. The number of anilines is 1. The molecule has 0 bridgehead atoms. The van der Waals surface area contributed by atoms with E-state index in [-0.39, 0.29) is 12.1 Å². The first kappa shape index (κ1) is 18.3. The van der Waals surface area contributed by atoms with Crippen LogP contribution in [0, 0.1) is 5.41 Å². The summed E-state index contributed by atoms with van der Waals surface area (Å²) in [6, 6.07) is 5.25. The summed E-state index contributed by atoms with van der Waals surface area (Å²) in [5, 5.41) is 15.5. The number of nitrogens with two attached hydrogens (primary N) is 1. The molecule has 0 saturated heterocycles. The third-order valence-electron chi connectivity index (χ3n) is 4.37. The first-order valence-corrected chi connectivity index (χ1v) is 9.04. The van der Waals surface area contributed by atoms with Gasteiger partial charge in [-0.3, -0.25) is 5.32 Å². The van der Waals surface area contributed by atoms with Gasteiger partial charge in [-0.1, -0.05) is 24.4 Å². The Morgan fingerprint density at radius 2 is 2.08 bits per heavy atom. The van der Waals surface area contributed by atoms with Gasteiger partial charge in [0.15, 0.2) is 0 Å². The number of carbonyl (C=O) groups is 1. The van der Waals surface area contributed by atoms with Crippen molar-refractivity contribution in [2.45, 2.75) is 31.7 Å². The monoisotopic (exact) mass is 373 g/mol. The van der Waals surface area contributed by atoms with Gasteiger partial charge in [0.25, 0.3) is 0 Å². The number of pyridine rings is 2. The minimum Gasteiger partial charge on any atom is -0.335 e. The molecule has 7 nitrogen and oxygen atoms in total. The molecule has 0 unspecified atom stereocenters. The highest BCUT2D eigenvalue weighted by molar-refractivity contribution is 6.33. The standard InChI is InChI=1S/C18H21ClN6O/c1-21-10-11(9-20)13-8-15-14(24-17(13)19)6-7-16(23-15)25-18(26)22-12-4-2-3-5-12/h6-10,12,20-21H,2-5H2,1H3,(H2,22,23,25,26)/p+1/b11-10+,20-9?. The minimum absolute atomic E-state index is 0.244. The average molecular weight is 374 g/mol. The van der Waals surface area contributed by atoms with E-state index in [9.17, 15) is 4.79 Å². The topological polar surface area (TPSA) is 107 Å². The number of hydrogen-bond acceptors (Lipinski definition) is 4. The highest BCUT2D eigenvalue weighted by atomic mass is 35.5. The number of carbonyl (C=O) groups excluding carboxylic acids is 1. The predicted molar refractivity (Wildman–Crippen MR) is 104 cm³/mol. The van der Waals surface area contributed by atoms with Crippen molar-refractivity contribution in [2.24, 2.45) is 0 Å². The number of amides is 2. The Morgan fingerprint density at radius 3 is 2.77 bits per heavy atom. The van der Waals surface area contributed by atoms with Gasteiger partial charge in [0.1, 0.15) is 17.2 Å². The van der Waals surface area contributed by atoms with Crippen molar-refractivity contribution < 1.29 is 10.1 Å². The number of allylic oxidation sites excluding steroid dienone is 1. The molecule has 8 heteroatoms. The zero-order valence-electron chi connectivity index (χ0n) is 14.6. The third kappa shape index (κ3) is 4.17. The number of hydrogen-bond donors (Lipinski definition) is 4. The molecule has 1 aliphatic carbocycles. The van der Waals surface area contributed by atoms with Crippen LogP contribution < -0.4 is 16.0 Å². The number of nitrogens with zero attached hydrogens (tertiary/aromatic N) is 2. The van der Waals surface area contributed by atoms with Gasteiger partial charge in [0.2, 0.25) is 0 Å². The summed E-state index contributed by atoms with van der Waals surface area (Å²) >= 11 is 6.26. The van der Waals surface area contributed by atoms with Crippen LogP contribution in [0.4, 0.5) is 10.6 Å². The van der Waals surface area contributed by atoms with Crippen LogP contribution in [0.25, 0.3) is 16.6 Å². The summed E-state index contributed by atoms with van der Waals surface area (Å²) in [5.74, 6) is 0.450. The quantitative estimate of drug-likeness (QED) is 0.477. The first-order chi connectivity index (χ1) is 12.6. The summed E-state index contributed by atoms with van der Waals surface area (Å²) < 4.78 is 0. The van der Waals surface area contributed by atoms with E-state index in [1.165, 1.54) is 6.21 Å². The van der Waals surface area contributed by atoms with Crippen molar-refractivity contribution in [1.82, 2.24) is 15.3 Å². The van der Waals surface area contributed by atoms with Crippen molar-refractivity contribution in [3.63, 3.8) is 0 Å². The number of fused-ring (bicyclic) bond motifs is 1. The van der Waals surface area contributed by atoms with Crippen molar-refractivity contribution in [3.05, 3.63) is 35.1 Å². The van der Waals surface area contributed by atoms with Gasteiger partial charge in [0, 0.05) is 17.8 Å². The molecule has 2 aromatic heterocycles. The fraction of sp³-hybridized carbons (Fsp3) is 0.333. The van der Waals surface area contributed by atoms with E-state index < -0.39 is 0 Å². The molecule has 136 valence electrons. The zero-order chi connectivity index (χ0) is 18.5. The lowest BCUT2D eigenvalue weighted by Gasteiger charge is -2.13. The summed E-state index contributed by atoms with van der Waals surface area (Å²) in [5.41, 5.74) is 2.51. The van der Waals surface area contributed by atoms with E-state index >= 15 is 0 Å². The van der Waals surface area contributed by atoms with Crippen LogP contribution in [0.1, 0.15) is 31.2 Å². The Bertz CT molecular complexity index is 860. The molecule has 0 aliphatic heterocycles. The molecule has 0 atom stereocenters. The van der Waals surface area contributed by atoms with Gasteiger partial charge in [0.05, 0.1) is 23.7 Å². The lowest BCUT2D eigenvalue weighted by atomic mass is 10.1. The molecule has 0 spiro atoms. The molecular weight excluding hydrogens is 352 g/mol. The molecule has 2 aromatic rings. The van der Waals surface area contributed by atoms with E-state index in [0.717, 1.165) is 25.7 Å². The third-order valence-corrected chi connectivity index (χ3v) is 4.66. The molecule has 2 heterocycles. The van der Waals surface area contributed by atoms with Gasteiger partial charge in [-0.15, -0.1) is 0 Å². The maximum Gasteiger partial charge on any atom is 0.320 e. The van der Waals surface area contributed by atoms with Gasteiger partial charge < -0.3 is 16.0 Å². The van der Waals surface area contributed by atoms with Crippen LogP contribution in [0.2, 0.25) is 5.15 Å². The van der Waals surface area contributed by atoms with Crippen LogP contribution >= 0.6 is 11.6 Å². The van der Waals surface area contributed by atoms with Gasteiger partial charge in [-0.05, 0) is 31.0 Å². The molecule has 2 amide bonds. The van der Waals surface area contributed by atoms with Gasteiger partial charge in [-0.25, -0.2) is 14.8 Å². The number of rotatable bonds is 5. The molecule has 26 heavy (non-hydrogen) atoms. The minimum atomic E-state index is -0.244. The van der Waals surface area contributed by atoms with Gasteiger partial charge in [-0.2, -0.15) is 0 Å². The smallest absolute Gasteiger partial charge is 0.320 e. The lowest BCUT2D eigenvalue weighted by Crippen LogP contribution is -2.72. The molecule has 5 N–H and O–H groups in total. The Kier molecular flexibility index (Phi) is 5.80. The molecule has 0 radical (unpaired) electrons. The average Bonchev–Trinajstić information content (AvgIpc) is 3.12. The largest absolute Gasteiger partial charge is 0.335 e. The number of aromatic nitrogens is 2. The van der Waals surface area contributed by atoms with E-state index in [2.05, 4.69) is 20.6 Å². The highest BCUT2D eigenvalue weighted by Crippen LogP contribution is 2.25. The predicted octanol–water partition coefficient (Wildman–Crippen LogP) is 2.53. The second kappa shape index (κ2) is 8.25. The maximum atomic E-state index is 12.1. The first-order valence-electron chi connectivity index (χ1n) is 8.66. The van der Waals surface area contributed by atoms with Crippen molar-refractivity contribution >= 4 is 46.3 Å². The Balaban J connectivity index is 1.84. The van der Waals surface area contributed by atoms with Crippen molar-refractivity contribution in [2.75, 3.05) is 12.4 Å². The van der Waals surface area contributed by atoms with Crippen molar-refractivity contribution in [3.8, 4) is 0 Å². The Hall–Kier alpha value is -2.51. The normalized spacial score (nSPS) is 15.2. The van der Waals surface area contributed by atoms with Crippen LogP contribution in [0.5, 0.6) is 0 Å². The van der Waals surface area contributed by atoms with Crippen LogP contribution in [0.15, 0.2) is 24.4 Å². The fourth-order valence-electron chi connectivity index (χ4n) is 3.11. The number of urea groups is 1. The highest BCUT2D eigenvalue weighted by Gasteiger charge is 2.17.